The summed E-state index contributed by atoms with van der Waals surface area (Å²) in [5, 5.41) is 18.9. The lowest BCUT2D eigenvalue weighted by Gasteiger charge is -2.16. The summed E-state index contributed by atoms with van der Waals surface area (Å²) in [6.07, 6.45) is 1.50. The standard InChI is InChI=1S/C20H15Cl3N6O2/c1-10-6-12(21)7-13(19(30)26-11(2)9-24)17(10)27-20(31)15-8-16(23)28-29(15)18-14(22)4-3-5-25-18/h3-8,11H,1-2H3,(H,26,30)(H,27,31). The molecule has 0 saturated carbocycles. The van der Waals surface area contributed by atoms with Gasteiger partial charge in [-0.3, -0.25) is 9.59 Å². The lowest BCUT2D eigenvalue weighted by Crippen LogP contribution is -2.32. The summed E-state index contributed by atoms with van der Waals surface area (Å²) >= 11 is 18.3. The minimum Gasteiger partial charge on any atom is -0.336 e. The van der Waals surface area contributed by atoms with Crippen molar-refractivity contribution in [2.24, 2.45) is 0 Å². The van der Waals surface area contributed by atoms with E-state index in [1.54, 1.807) is 25.1 Å². The van der Waals surface area contributed by atoms with Crippen LogP contribution in [0, 0.1) is 18.3 Å². The molecule has 0 aliphatic carbocycles. The number of rotatable bonds is 5. The summed E-state index contributed by atoms with van der Waals surface area (Å²) in [5.74, 6) is -0.946. The van der Waals surface area contributed by atoms with Gasteiger partial charge in [0.2, 0.25) is 0 Å². The molecule has 31 heavy (non-hydrogen) atoms. The smallest absolute Gasteiger partial charge is 0.274 e. The van der Waals surface area contributed by atoms with Crippen LogP contribution in [0.4, 0.5) is 5.69 Å². The number of aromatic nitrogens is 3. The molecule has 8 nitrogen and oxygen atoms in total. The lowest BCUT2D eigenvalue weighted by molar-refractivity contribution is 0.0948. The Kier molecular flexibility index (Phi) is 6.81. The maximum atomic E-state index is 13.1. The molecule has 0 aliphatic rings. The van der Waals surface area contributed by atoms with Crippen molar-refractivity contribution in [2.75, 3.05) is 5.32 Å². The largest absolute Gasteiger partial charge is 0.336 e. The predicted octanol–water partition coefficient (Wildman–Crippen LogP) is 4.43. The van der Waals surface area contributed by atoms with Crippen LogP contribution >= 0.6 is 34.8 Å². The zero-order chi connectivity index (χ0) is 22.7. The minimum absolute atomic E-state index is 0.0525. The molecule has 11 heteroatoms. The summed E-state index contributed by atoms with van der Waals surface area (Å²) < 4.78 is 1.21. The van der Waals surface area contributed by atoms with Gasteiger partial charge in [0, 0.05) is 17.3 Å². The Morgan fingerprint density at radius 3 is 2.61 bits per heavy atom. The van der Waals surface area contributed by atoms with Gasteiger partial charge in [-0.15, -0.1) is 0 Å². The van der Waals surface area contributed by atoms with Gasteiger partial charge in [0.25, 0.3) is 11.8 Å². The van der Waals surface area contributed by atoms with Gasteiger partial charge in [-0.1, -0.05) is 34.8 Å². The number of halogens is 3. The maximum Gasteiger partial charge on any atom is 0.274 e. The van der Waals surface area contributed by atoms with Crippen molar-refractivity contribution in [3.63, 3.8) is 0 Å². The highest BCUT2D eigenvalue weighted by Crippen LogP contribution is 2.27. The number of amides is 2. The lowest BCUT2D eigenvalue weighted by atomic mass is 10.1. The number of benzene rings is 1. The SMILES string of the molecule is Cc1cc(Cl)cc(C(=O)NC(C)C#N)c1NC(=O)c1cc(Cl)nn1-c1ncccc1Cl. The van der Waals surface area contributed by atoms with Crippen molar-refractivity contribution < 1.29 is 9.59 Å². The van der Waals surface area contributed by atoms with Crippen LogP contribution in [-0.2, 0) is 0 Å². The van der Waals surface area contributed by atoms with Crippen LogP contribution in [0.2, 0.25) is 15.2 Å². The van der Waals surface area contributed by atoms with Crippen molar-refractivity contribution in [1.82, 2.24) is 20.1 Å². The van der Waals surface area contributed by atoms with E-state index in [9.17, 15) is 9.59 Å². The molecule has 3 aromatic rings. The van der Waals surface area contributed by atoms with Gasteiger partial charge >= 0.3 is 0 Å². The van der Waals surface area contributed by atoms with Crippen molar-refractivity contribution in [1.29, 1.82) is 5.26 Å². The van der Waals surface area contributed by atoms with Crippen LogP contribution in [0.25, 0.3) is 5.82 Å². The Bertz CT molecular complexity index is 1220. The number of nitriles is 1. The predicted molar refractivity (Wildman–Crippen MR) is 118 cm³/mol. The van der Waals surface area contributed by atoms with Crippen LogP contribution < -0.4 is 10.6 Å². The molecule has 2 N–H and O–H groups in total. The second-order valence-corrected chi connectivity index (χ2v) is 7.73. The zero-order valence-electron chi connectivity index (χ0n) is 16.3. The highest BCUT2D eigenvalue weighted by Gasteiger charge is 2.23. The molecule has 2 heterocycles. The average Bonchev–Trinajstić information content (AvgIpc) is 3.11. The second-order valence-electron chi connectivity index (χ2n) is 6.50. The van der Waals surface area contributed by atoms with E-state index in [0.717, 1.165) is 0 Å². The molecule has 1 aromatic carbocycles. The van der Waals surface area contributed by atoms with Crippen LogP contribution in [0.3, 0.4) is 0 Å². The maximum absolute atomic E-state index is 13.1. The Morgan fingerprint density at radius 2 is 1.94 bits per heavy atom. The van der Waals surface area contributed by atoms with Gasteiger partial charge in [0.15, 0.2) is 11.0 Å². The molecule has 0 bridgehead atoms. The third-order valence-corrected chi connectivity index (χ3v) is 4.87. The molecule has 0 fully saturated rings. The Hall–Kier alpha value is -3.12. The summed E-state index contributed by atoms with van der Waals surface area (Å²) in [4.78, 5) is 29.9. The first-order chi connectivity index (χ1) is 14.7. The topological polar surface area (TPSA) is 113 Å². The molecule has 0 radical (unpaired) electrons. The van der Waals surface area contributed by atoms with E-state index in [2.05, 4.69) is 20.7 Å². The molecular weight excluding hydrogens is 463 g/mol. The van der Waals surface area contributed by atoms with E-state index in [1.807, 2.05) is 6.07 Å². The number of carbonyl (C=O) groups excluding carboxylic acids is 2. The molecule has 0 aliphatic heterocycles. The number of hydrogen-bond donors (Lipinski definition) is 2. The van der Waals surface area contributed by atoms with Gasteiger partial charge in [0.05, 0.1) is 22.3 Å². The summed E-state index contributed by atoms with van der Waals surface area (Å²) in [5.41, 5.74) is 0.932. The normalized spacial score (nSPS) is 11.5. The number of anilines is 1. The van der Waals surface area contributed by atoms with E-state index in [0.29, 0.717) is 10.6 Å². The van der Waals surface area contributed by atoms with Crippen molar-refractivity contribution in [3.8, 4) is 11.9 Å². The van der Waals surface area contributed by atoms with Gasteiger partial charge in [-0.05, 0) is 43.7 Å². The fourth-order valence-electron chi connectivity index (χ4n) is 2.78. The first-order valence-electron chi connectivity index (χ1n) is 8.89. The van der Waals surface area contributed by atoms with Crippen LogP contribution in [0.5, 0.6) is 0 Å². The molecule has 2 aromatic heterocycles. The molecule has 3 rings (SSSR count). The second kappa shape index (κ2) is 9.35. The van der Waals surface area contributed by atoms with Crippen molar-refractivity contribution >= 4 is 52.3 Å². The zero-order valence-corrected chi connectivity index (χ0v) is 18.5. The number of aryl methyl sites for hydroxylation is 1. The third-order valence-electron chi connectivity index (χ3n) is 4.18. The average molecular weight is 478 g/mol. The Labute approximate surface area is 192 Å². The van der Waals surface area contributed by atoms with E-state index < -0.39 is 17.9 Å². The number of carbonyl (C=O) groups is 2. The van der Waals surface area contributed by atoms with Gasteiger partial charge in [-0.2, -0.15) is 10.4 Å². The number of nitrogens with one attached hydrogen (secondary N) is 2. The highest BCUT2D eigenvalue weighted by atomic mass is 35.5. The van der Waals surface area contributed by atoms with Gasteiger partial charge in [0.1, 0.15) is 11.7 Å². The highest BCUT2D eigenvalue weighted by molar-refractivity contribution is 6.32. The summed E-state index contributed by atoms with van der Waals surface area (Å²) in [7, 11) is 0. The first kappa shape index (κ1) is 22.6. The summed E-state index contributed by atoms with van der Waals surface area (Å²) in [6.45, 7) is 3.22. The molecular formula is C20H15Cl3N6O2. The van der Waals surface area contributed by atoms with E-state index in [1.165, 1.54) is 29.9 Å². The van der Waals surface area contributed by atoms with E-state index >= 15 is 0 Å². The minimum atomic E-state index is -0.734. The number of nitrogens with zero attached hydrogens (tertiary/aromatic N) is 4. The fraction of sp³-hybridized carbons (Fsp3) is 0.150. The van der Waals surface area contributed by atoms with Crippen molar-refractivity contribution in [2.45, 2.75) is 19.9 Å². The monoisotopic (exact) mass is 476 g/mol. The Morgan fingerprint density at radius 1 is 1.19 bits per heavy atom. The van der Waals surface area contributed by atoms with Gasteiger partial charge < -0.3 is 10.6 Å². The van der Waals surface area contributed by atoms with E-state index in [4.69, 9.17) is 40.1 Å². The molecule has 1 unspecified atom stereocenters. The quantitative estimate of drug-likeness (QED) is 0.564. The van der Waals surface area contributed by atoms with Crippen LogP contribution in [0.1, 0.15) is 33.3 Å². The van der Waals surface area contributed by atoms with Gasteiger partial charge in [-0.25, -0.2) is 9.67 Å². The molecule has 1 atom stereocenters. The molecule has 158 valence electrons. The first-order valence-corrected chi connectivity index (χ1v) is 10.0. The molecule has 0 saturated heterocycles. The Balaban J connectivity index is 2.01. The van der Waals surface area contributed by atoms with Crippen LogP contribution in [0.15, 0.2) is 36.5 Å². The number of pyridine rings is 1. The number of hydrogen-bond acceptors (Lipinski definition) is 5. The molecule has 2 amide bonds. The third kappa shape index (κ3) is 4.97. The van der Waals surface area contributed by atoms with Crippen molar-refractivity contribution in [3.05, 3.63) is 68.5 Å². The summed E-state index contributed by atoms with van der Waals surface area (Å²) in [6, 6.07) is 8.78. The van der Waals surface area contributed by atoms with Crippen LogP contribution in [-0.4, -0.2) is 32.6 Å². The van der Waals surface area contributed by atoms with E-state index in [-0.39, 0.29) is 32.9 Å². The fourth-order valence-corrected chi connectivity index (χ4v) is 3.43. The molecule has 0 spiro atoms.